The van der Waals surface area contributed by atoms with Crippen LogP contribution in [0.2, 0.25) is 0 Å². The standard InChI is InChI=1S/C61H41NO2/c1-4-19-40(20-5-1)44-36-35-43(39-50(44)42-23-8-3-9-24-42)62(54-32-17-13-25-45(54)41-21-6-2-7-22-41)55-33-18-34-56-59(55)63-57-38-37-49-48-28-12-16-31-53(48)61(58(49)60(57)64-56)51-29-14-10-26-46(51)47-27-11-15-30-52(47)61/h1-39,45,54H. The molecule has 2 unspecified atom stereocenters. The number of fused-ring (bicyclic) bond motifs is 13. The summed E-state index contributed by atoms with van der Waals surface area (Å²) in [6, 6.07) is 76.4. The van der Waals surface area contributed by atoms with E-state index in [1.54, 1.807) is 0 Å². The van der Waals surface area contributed by atoms with Crippen molar-refractivity contribution in [1.82, 2.24) is 0 Å². The number of nitrogens with zero attached hydrogens (tertiary/aromatic N) is 1. The van der Waals surface area contributed by atoms with Crippen molar-refractivity contribution in [2.75, 3.05) is 4.90 Å². The molecule has 3 nitrogen and oxygen atoms in total. The van der Waals surface area contributed by atoms with Crippen LogP contribution in [0.3, 0.4) is 0 Å². The summed E-state index contributed by atoms with van der Waals surface area (Å²) < 4.78 is 14.7. The van der Waals surface area contributed by atoms with E-state index in [-0.39, 0.29) is 12.0 Å². The lowest BCUT2D eigenvalue weighted by Crippen LogP contribution is -2.35. The number of ether oxygens (including phenoxy) is 2. The molecule has 0 N–H and O–H groups in total. The van der Waals surface area contributed by atoms with Crippen LogP contribution in [-0.4, -0.2) is 6.04 Å². The van der Waals surface area contributed by atoms with E-state index in [1.807, 2.05) is 0 Å². The SMILES string of the molecule is C1=CC(c2ccccc2)C(N(c2ccc(-c3ccccc3)c(-c3ccccc3)c2)c2cccc3c2Oc2ccc4c(c2O3)C2(c3ccccc3-c3ccccc32)c2ccccc2-4)C=C1. The molecule has 0 fully saturated rings. The van der Waals surface area contributed by atoms with Gasteiger partial charge in [-0.15, -0.1) is 0 Å². The van der Waals surface area contributed by atoms with Gasteiger partial charge in [0.15, 0.2) is 23.0 Å². The Morgan fingerprint density at radius 2 is 0.922 bits per heavy atom. The van der Waals surface area contributed by atoms with Crippen LogP contribution in [0.25, 0.3) is 44.5 Å². The van der Waals surface area contributed by atoms with Crippen LogP contribution in [-0.2, 0) is 5.41 Å². The number of para-hydroxylation sites is 1. The molecule has 0 bridgehead atoms. The van der Waals surface area contributed by atoms with Crippen LogP contribution in [0.5, 0.6) is 23.0 Å². The molecule has 0 amide bonds. The molecule has 3 aliphatic carbocycles. The highest BCUT2D eigenvalue weighted by atomic mass is 16.6. The molecule has 0 radical (unpaired) electrons. The monoisotopic (exact) mass is 819 g/mol. The van der Waals surface area contributed by atoms with Crippen LogP contribution in [0.4, 0.5) is 11.4 Å². The van der Waals surface area contributed by atoms with E-state index >= 15 is 0 Å². The summed E-state index contributed by atoms with van der Waals surface area (Å²) in [4.78, 5) is 2.46. The molecule has 4 aliphatic rings. The van der Waals surface area contributed by atoms with Gasteiger partial charge in [0.25, 0.3) is 0 Å². The summed E-state index contributed by atoms with van der Waals surface area (Å²) in [5, 5.41) is 0. The van der Waals surface area contributed by atoms with Gasteiger partial charge in [-0.25, -0.2) is 0 Å². The fourth-order valence-electron chi connectivity index (χ4n) is 11.1. The zero-order valence-electron chi connectivity index (χ0n) is 34.9. The van der Waals surface area contributed by atoms with E-state index in [0.29, 0.717) is 17.2 Å². The van der Waals surface area contributed by atoms with Crippen molar-refractivity contribution in [2.24, 2.45) is 0 Å². The van der Waals surface area contributed by atoms with Gasteiger partial charge in [0.1, 0.15) is 0 Å². The first-order chi connectivity index (χ1) is 31.8. The molecule has 64 heavy (non-hydrogen) atoms. The largest absolute Gasteiger partial charge is 0.449 e. The third kappa shape index (κ3) is 5.34. The van der Waals surface area contributed by atoms with E-state index in [1.165, 1.54) is 55.6 Å². The Morgan fingerprint density at radius 1 is 0.391 bits per heavy atom. The Morgan fingerprint density at radius 3 is 1.59 bits per heavy atom. The van der Waals surface area contributed by atoms with Crippen molar-refractivity contribution < 1.29 is 9.47 Å². The Kier molecular flexibility index (Phi) is 8.26. The first-order valence-corrected chi connectivity index (χ1v) is 22.2. The van der Waals surface area contributed by atoms with Gasteiger partial charge in [-0.2, -0.15) is 0 Å². The second-order valence-corrected chi connectivity index (χ2v) is 17.0. The Bertz CT molecular complexity index is 3290. The minimum atomic E-state index is -0.578. The molecule has 0 saturated heterocycles. The first kappa shape index (κ1) is 36.5. The Balaban J connectivity index is 1.01. The van der Waals surface area contributed by atoms with Gasteiger partial charge in [0.05, 0.1) is 17.1 Å². The van der Waals surface area contributed by atoms with Gasteiger partial charge in [-0.1, -0.05) is 206 Å². The maximum absolute atomic E-state index is 7.38. The van der Waals surface area contributed by atoms with Crippen LogP contribution in [0.1, 0.15) is 33.7 Å². The van der Waals surface area contributed by atoms with Crippen molar-refractivity contribution in [3.05, 3.63) is 264 Å². The number of anilines is 2. The van der Waals surface area contributed by atoms with E-state index in [9.17, 15) is 0 Å². The molecule has 2 atom stereocenters. The van der Waals surface area contributed by atoms with Gasteiger partial charge in [-0.3, -0.25) is 0 Å². The van der Waals surface area contributed by atoms with Crippen LogP contribution < -0.4 is 14.4 Å². The molecule has 13 rings (SSSR count). The van der Waals surface area contributed by atoms with Crippen LogP contribution in [0.15, 0.2) is 237 Å². The van der Waals surface area contributed by atoms with Gasteiger partial charge in [0, 0.05) is 17.2 Å². The summed E-state index contributed by atoms with van der Waals surface area (Å²) in [5.41, 5.74) is 17.1. The number of hydrogen-bond donors (Lipinski definition) is 0. The molecule has 9 aromatic carbocycles. The van der Waals surface area contributed by atoms with Gasteiger partial charge in [0.2, 0.25) is 0 Å². The summed E-state index contributed by atoms with van der Waals surface area (Å²) >= 11 is 0. The minimum absolute atomic E-state index is 0.0527. The maximum atomic E-state index is 7.38. The third-order valence-corrected chi connectivity index (χ3v) is 13.8. The summed E-state index contributed by atoms with van der Waals surface area (Å²) in [7, 11) is 0. The molecular formula is C61H41NO2. The predicted octanol–water partition coefficient (Wildman–Crippen LogP) is 15.7. The quantitative estimate of drug-likeness (QED) is 0.167. The third-order valence-electron chi connectivity index (χ3n) is 13.8. The molecule has 302 valence electrons. The number of hydrogen-bond acceptors (Lipinski definition) is 3. The lowest BCUT2D eigenvalue weighted by molar-refractivity contribution is 0.355. The highest BCUT2D eigenvalue weighted by Gasteiger charge is 2.54. The van der Waals surface area contributed by atoms with Crippen molar-refractivity contribution in [2.45, 2.75) is 17.4 Å². The summed E-state index contributed by atoms with van der Waals surface area (Å²) in [5.74, 6) is 2.89. The smallest absolute Gasteiger partial charge is 0.193 e. The van der Waals surface area contributed by atoms with Crippen molar-refractivity contribution in [1.29, 1.82) is 0 Å². The number of allylic oxidation sites excluding steroid dienone is 2. The van der Waals surface area contributed by atoms with Gasteiger partial charge < -0.3 is 14.4 Å². The lowest BCUT2D eigenvalue weighted by Gasteiger charge is -2.39. The second kappa shape index (κ2) is 14.5. The number of rotatable bonds is 6. The van der Waals surface area contributed by atoms with Gasteiger partial charge in [-0.05, 0) is 97.1 Å². The molecular weight excluding hydrogens is 779 g/mol. The number of benzene rings is 9. The minimum Gasteiger partial charge on any atom is -0.449 e. The van der Waals surface area contributed by atoms with E-state index in [0.717, 1.165) is 33.8 Å². The molecule has 0 saturated carbocycles. The highest BCUT2D eigenvalue weighted by Crippen LogP contribution is 2.67. The van der Waals surface area contributed by atoms with E-state index in [2.05, 4.69) is 242 Å². The molecule has 0 aromatic heterocycles. The molecule has 3 heteroatoms. The lowest BCUT2D eigenvalue weighted by atomic mass is 9.70. The van der Waals surface area contributed by atoms with Gasteiger partial charge >= 0.3 is 0 Å². The maximum Gasteiger partial charge on any atom is 0.193 e. The summed E-state index contributed by atoms with van der Waals surface area (Å²) in [6.45, 7) is 0. The second-order valence-electron chi connectivity index (χ2n) is 17.0. The first-order valence-electron chi connectivity index (χ1n) is 22.2. The predicted molar refractivity (Wildman–Crippen MR) is 260 cm³/mol. The topological polar surface area (TPSA) is 21.7 Å². The average Bonchev–Trinajstić information content (AvgIpc) is 3.84. The molecule has 1 aliphatic heterocycles. The van der Waals surface area contributed by atoms with E-state index < -0.39 is 5.41 Å². The fraction of sp³-hybridized carbons (Fsp3) is 0.0492. The average molecular weight is 820 g/mol. The normalized spacial score (nSPS) is 16.4. The molecule has 9 aromatic rings. The van der Waals surface area contributed by atoms with Crippen molar-refractivity contribution >= 4 is 11.4 Å². The van der Waals surface area contributed by atoms with E-state index in [4.69, 9.17) is 9.47 Å². The summed E-state index contributed by atoms with van der Waals surface area (Å²) in [6.07, 6.45) is 8.99. The zero-order chi connectivity index (χ0) is 42.2. The highest BCUT2D eigenvalue weighted by molar-refractivity contribution is 5.97. The van der Waals surface area contributed by atoms with Crippen molar-refractivity contribution in [3.8, 4) is 67.5 Å². The Labute approximate surface area is 373 Å². The fourth-order valence-corrected chi connectivity index (χ4v) is 11.1. The van der Waals surface area contributed by atoms with Crippen LogP contribution >= 0.6 is 0 Å². The van der Waals surface area contributed by atoms with Crippen molar-refractivity contribution in [3.63, 3.8) is 0 Å². The molecule has 1 spiro atoms. The zero-order valence-corrected chi connectivity index (χ0v) is 34.9. The van der Waals surface area contributed by atoms with Crippen LogP contribution in [0, 0.1) is 0 Å². The molecule has 1 heterocycles. The Hall–Kier alpha value is -8.14.